The minimum atomic E-state index is -0.274. The van der Waals surface area contributed by atoms with E-state index in [1.54, 1.807) is 0 Å². The molecule has 0 nitrogen and oxygen atoms in total. The molecule has 1 atom stereocenters. The predicted octanol–water partition coefficient (Wildman–Crippen LogP) is 3.07. The molecule has 0 saturated heterocycles. The molecule has 0 fully saturated rings. The summed E-state index contributed by atoms with van der Waals surface area (Å²) in [6.45, 7) is 3.65. The lowest BCUT2D eigenvalue weighted by Gasteiger charge is -2.06. The number of aryl methyl sites for hydroxylation is 1. The van der Waals surface area contributed by atoms with Crippen molar-refractivity contribution in [3.8, 4) is 0 Å². The molecule has 0 heterocycles. The van der Waals surface area contributed by atoms with Gasteiger partial charge in [0.05, 0.1) is 6.67 Å². The van der Waals surface area contributed by atoms with Crippen LogP contribution in [0.15, 0.2) is 24.3 Å². The summed E-state index contributed by atoms with van der Waals surface area (Å²) >= 11 is 0. The van der Waals surface area contributed by atoms with Gasteiger partial charge in [0.15, 0.2) is 0 Å². The third-order valence-corrected chi connectivity index (χ3v) is 1.84. The van der Waals surface area contributed by atoms with E-state index in [0.717, 1.165) is 5.56 Å². The minimum absolute atomic E-state index is 0.0369. The Hall–Kier alpha value is -0.850. The summed E-state index contributed by atoms with van der Waals surface area (Å²) in [6, 6.07) is 7.99. The second-order valence-electron chi connectivity index (χ2n) is 2.97. The lowest BCUT2D eigenvalue weighted by Crippen LogP contribution is -1.94. The van der Waals surface area contributed by atoms with Gasteiger partial charge in [-0.3, -0.25) is 4.39 Å². The smallest absolute Gasteiger partial charge is 0.0960 e. The van der Waals surface area contributed by atoms with E-state index in [2.05, 4.69) is 0 Å². The molecule has 0 radical (unpaired) electrons. The van der Waals surface area contributed by atoms with Crippen LogP contribution >= 0.6 is 0 Å². The molecule has 0 spiro atoms. The fourth-order valence-corrected chi connectivity index (χ4v) is 1.07. The molecule has 0 amide bonds. The van der Waals surface area contributed by atoms with Gasteiger partial charge in [0, 0.05) is 5.92 Å². The first-order chi connectivity index (χ1) is 5.24. The SMILES string of the molecule is Cc1cccc(C(C)CF)c1. The van der Waals surface area contributed by atoms with Crippen LogP contribution in [0.25, 0.3) is 0 Å². The summed E-state index contributed by atoms with van der Waals surface area (Å²) < 4.78 is 12.2. The highest BCUT2D eigenvalue weighted by Gasteiger charge is 2.03. The zero-order valence-corrected chi connectivity index (χ0v) is 6.97. The topological polar surface area (TPSA) is 0 Å². The molecule has 1 aromatic carbocycles. The number of benzene rings is 1. The van der Waals surface area contributed by atoms with Crippen molar-refractivity contribution in [3.05, 3.63) is 35.4 Å². The van der Waals surface area contributed by atoms with Crippen molar-refractivity contribution in [2.24, 2.45) is 0 Å². The predicted molar refractivity (Wildman–Crippen MR) is 45.6 cm³/mol. The zero-order chi connectivity index (χ0) is 8.27. The Morgan fingerprint density at radius 3 is 2.73 bits per heavy atom. The molecule has 1 unspecified atom stereocenters. The normalized spacial score (nSPS) is 13.0. The van der Waals surface area contributed by atoms with E-state index in [-0.39, 0.29) is 12.6 Å². The molecule has 0 aromatic heterocycles. The van der Waals surface area contributed by atoms with Gasteiger partial charge in [-0.2, -0.15) is 0 Å². The van der Waals surface area contributed by atoms with Crippen molar-refractivity contribution in [3.63, 3.8) is 0 Å². The van der Waals surface area contributed by atoms with Gasteiger partial charge < -0.3 is 0 Å². The quantitative estimate of drug-likeness (QED) is 0.611. The van der Waals surface area contributed by atoms with E-state index in [9.17, 15) is 4.39 Å². The van der Waals surface area contributed by atoms with E-state index in [1.807, 2.05) is 38.1 Å². The minimum Gasteiger partial charge on any atom is -0.250 e. The molecule has 0 bridgehead atoms. The van der Waals surface area contributed by atoms with E-state index < -0.39 is 0 Å². The number of alkyl halides is 1. The lowest BCUT2D eigenvalue weighted by atomic mass is 10.0. The largest absolute Gasteiger partial charge is 0.250 e. The van der Waals surface area contributed by atoms with Crippen LogP contribution in [0, 0.1) is 6.92 Å². The molecule has 0 N–H and O–H groups in total. The molecule has 1 aromatic rings. The highest BCUT2D eigenvalue weighted by Crippen LogP contribution is 2.16. The van der Waals surface area contributed by atoms with Gasteiger partial charge in [-0.25, -0.2) is 0 Å². The number of hydrogen-bond acceptors (Lipinski definition) is 0. The second kappa shape index (κ2) is 3.51. The third kappa shape index (κ3) is 2.04. The van der Waals surface area contributed by atoms with Crippen LogP contribution in [0.5, 0.6) is 0 Å². The molecule has 0 aliphatic heterocycles. The van der Waals surface area contributed by atoms with Crippen molar-refractivity contribution < 1.29 is 4.39 Å². The van der Waals surface area contributed by atoms with Crippen molar-refractivity contribution in [1.82, 2.24) is 0 Å². The Labute approximate surface area is 67.1 Å². The standard InChI is InChI=1S/C10H13F/c1-8-4-3-5-10(6-8)9(2)7-11/h3-6,9H,7H2,1-2H3. The zero-order valence-electron chi connectivity index (χ0n) is 6.97. The summed E-state index contributed by atoms with van der Waals surface area (Å²) in [5, 5.41) is 0. The molecular formula is C10H13F. The summed E-state index contributed by atoms with van der Waals surface area (Å²) in [4.78, 5) is 0. The van der Waals surface area contributed by atoms with Crippen molar-refractivity contribution in [2.45, 2.75) is 19.8 Å². The maximum absolute atomic E-state index is 12.2. The van der Waals surface area contributed by atoms with Crippen molar-refractivity contribution >= 4 is 0 Å². The summed E-state index contributed by atoms with van der Waals surface area (Å²) in [5.74, 6) is 0.0369. The fourth-order valence-electron chi connectivity index (χ4n) is 1.07. The van der Waals surface area contributed by atoms with Gasteiger partial charge in [0.2, 0.25) is 0 Å². The molecule has 1 heteroatoms. The molecule has 1 rings (SSSR count). The second-order valence-corrected chi connectivity index (χ2v) is 2.97. The van der Waals surface area contributed by atoms with E-state index in [0.29, 0.717) is 0 Å². The van der Waals surface area contributed by atoms with Crippen molar-refractivity contribution in [2.75, 3.05) is 6.67 Å². The van der Waals surface area contributed by atoms with Gasteiger partial charge in [0.25, 0.3) is 0 Å². The maximum Gasteiger partial charge on any atom is 0.0960 e. The summed E-state index contributed by atoms with van der Waals surface area (Å²) in [6.07, 6.45) is 0. The third-order valence-electron chi connectivity index (χ3n) is 1.84. The Morgan fingerprint density at radius 1 is 1.45 bits per heavy atom. The molecule has 0 aliphatic rings. The van der Waals surface area contributed by atoms with E-state index >= 15 is 0 Å². The van der Waals surface area contributed by atoms with Gasteiger partial charge >= 0.3 is 0 Å². The van der Waals surface area contributed by atoms with Crippen molar-refractivity contribution in [1.29, 1.82) is 0 Å². The Morgan fingerprint density at radius 2 is 2.18 bits per heavy atom. The maximum atomic E-state index is 12.2. The Kier molecular flexibility index (Phi) is 2.64. The summed E-state index contributed by atoms with van der Waals surface area (Å²) in [7, 11) is 0. The van der Waals surface area contributed by atoms with Gasteiger partial charge in [0.1, 0.15) is 0 Å². The van der Waals surface area contributed by atoms with Gasteiger partial charge in [-0.15, -0.1) is 0 Å². The molecule has 60 valence electrons. The monoisotopic (exact) mass is 152 g/mol. The van der Waals surface area contributed by atoms with Crippen LogP contribution in [0.2, 0.25) is 0 Å². The first-order valence-corrected chi connectivity index (χ1v) is 3.86. The van der Waals surface area contributed by atoms with Crippen LogP contribution in [0.4, 0.5) is 4.39 Å². The first kappa shape index (κ1) is 8.25. The number of halogens is 1. The average Bonchev–Trinajstić information content (AvgIpc) is 2.03. The van der Waals surface area contributed by atoms with E-state index in [1.165, 1.54) is 5.56 Å². The Balaban J connectivity index is 2.86. The van der Waals surface area contributed by atoms with Gasteiger partial charge in [-0.05, 0) is 12.5 Å². The van der Waals surface area contributed by atoms with Gasteiger partial charge in [-0.1, -0.05) is 36.8 Å². The van der Waals surface area contributed by atoms with Crippen LogP contribution in [-0.4, -0.2) is 6.67 Å². The molecular weight excluding hydrogens is 139 g/mol. The summed E-state index contributed by atoms with van der Waals surface area (Å²) in [5.41, 5.74) is 2.29. The van der Waals surface area contributed by atoms with Crippen LogP contribution in [0.1, 0.15) is 24.0 Å². The highest BCUT2D eigenvalue weighted by atomic mass is 19.1. The first-order valence-electron chi connectivity index (χ1n) is 3.86. The van der Waals surface area contributed by atoms with Crippen LogP contribution < -0.4 is 0 Å². The average molecular weight is 152 g/mol. The van der Waals surface area contributed by atoms with Crippen LogP contribution in [0.3, 0.4) is 0 Å². The van der Waals surface area contributed by atoms with E-state index in [4.69, 9.17) is 0 Å². The number of rotatable bonds is 2. The fraction of sp³-hybridized carbons (Fsp3) is 0.400. The molecule has 11 heavy (non-hydrogen) atoms. The number of hydrogen-bond donors (Lipinski definition) is 0. The molecule has 0 saturated carbocycles. The highest BCUT2D eigenvalue weighted by molar-refractivity contribution is 5.24. The van der Waals surface area contributed by atoms with Crippen LogP contribution in [-0.2, 0) is 0 Å². The molecule has 0 aliphatic carbocycles. The lowest BCUT2D eigenvalue weighted by molar-refractivity contribution is 0.447. The Bertz CT molecular complexity index is 230.